The second-order valence-electron chi connectivity index (χ2n) is 4.20. The summed E-state index contributed by atoms with van der Waals surface area (Å²) in [7, 11) is 0. The zero-order valence-corrected chi connectivity index (χ0v) is 11.4. The number of thioether (sulfide) groups is 1. The second-order valence-corrected chi connectivity index (χ2v) is 5.51. The van der Waals surface area contributed by atoms with Gasteiger partial charge in [0.05, 0.1) is 11.9 Å². The van der Waals surface area contributed by atoms with Gasteiger partial charge in [0, 0.05) is 18.2 Å². The van der Waals surface area contributed by atoms with Gasteiger partial charge in [-0.2, -0.15) is 0 Å². The average molecular weight is 276 g/mol. The third kappa shape index (κ3) is 4.27. The fourth-order valence-corrected chi connectivity index (χ4v) is 2.95. The van der Waals surface area contributed by atoms with Gasteiger partial charge in [-0.1, -0.05) is 11.8 Å². The van der Waals surface area contributed by atoms with Crippen LogP contribution in [0.2, 0.25) is 0 Å². The van der Waals surface area contributed by atoms with Crippen LogP contribution >= 0.6 is 11.8 Å². The van der Waals surface area contributed by atoms with Gasteiger partial charge >= 0.3 is 0 Å². The van der Waals surface area contributed by atoms with E-state index in [2.05, 4.69) is 22.1 Å². The van der Waals surface area contributed by atoms with E-state index in [1.54, 1.807) is 30.1 Å². The molecule has 5 heteroatoms. The van der Waals surface area contributed by atoms with Crippen LogP contribution in [0.25, 0.3) is 0 Å². The first-order valence-electron chi connectivity index (χ1n) is 6.28. The number of carbonyl (C=O) groups is 1. The molecule has 1 aromatic rings. The highest BCUT2D eigenvalue weighted by Gasteiger charge is 2.23. The highest BCUT2D eigenvalue weighted by atomic mass is 32.2. The molecule has 1 saturated heterocycles. The molecule has 4 nitrogen and oxygen atoms in total. The number of nitrogens with zero attached hydrogens (tertiary/aromatic N) is 1. The largest absolute Gasteiger partial charge is 0.395 e. The van der Waals surface area contributed by atoms with E-state index < -0.39 is 0 Å². The molecule has 1 aliphatic rings. The number of amides is 1. The van der Waals surface area contributed by atoms with Gasteiger partial charge in [-0.15, -0.1) is 11.8 Å². The van der Waals surface area contributed by atoms with Crippen molar-refractivity contribution in [2.45, 2.75) is 24.5 Å². The Balaban J connectivity index is 1.98. The van der Waals surface area contributed by atoms with Gasteiger partial charge in [0.25, 0.3) is 0 Å². The van der Waals surface area contributed by atoms with Crippen molar-refractivity contribution in [1.29, 1.82) is 0 Å². The molecule has 0 bridgehead atoms. The standard InChI is InChI=1S/C14H16N2O2S/c17-8-2-1-4-11-6-7-15-13(10-11)16-14(18)12-5-3-9-19-12/h6-7,10,12,17H,2-3,5,8-9H2,(H,15,16,18). The van der Waals surface area contributed by atoms with Crippen LogP contribution in [0.4, 0.5) is 5.82 Å². The first kappa shape index (κ1) is 13.9. The van der Waals surface area contributed by atoms with E-state index in [9.17, 15) is 4.79 Å². The van der Waals surface area contributed by atoms with Crippen molar-refractivity contribution in [1.82, 2.24) is 4.98 Å². The number of aliphatic hydroxyl groups excluding tert-OH is 1. The van der Waals surface area contributed by atoms with Gasteiger partial charge in [-0.25, -0.2) is 4.98 Å². The Hall–Kier alpha value is -1.51. The summed E-state index contributed by atoms with van der Waals surface area (Å²) in [6.45, 7) is 0.0561. The van der Waals surface area contributed by atoms with Gasteiger partial charge in [0.15, 0.2) is 0 Å². The maximum Gasteiger partial charge on any atom is 0.238 e. The minimum absolute atomic E-state index is 0.0236. The molecule has 2 heterocycles. The molecule has 1 aromatic heterocycles. The summed E-state index contributed by atoms with van der Waals surface area (Å²) in [5.41, 5.74) is 0.790. The summed E-state index contributed by atoms with van der Waals surface area (Å²) in [5.74, 6) is 7.38. The first-order valence-corrected chi connectivity index (χ1v) is 7.33. The number of anilines is 1. The number of rotatable bonds is 3. The number of hydrogen-bond donors (Lipinski definition) is 2. The number of hydrogen-bond acceptors (Lipinski definition) is 4. The Bertz CT molecular complexity index is 502. The van der Waals surface area contributed by atoms with E-state index in [-0.39, 0.29) is 17.8 Å². The number of pyridine rings is 1. The molecule has 1 unspecified atom stereocenters. The average Bonchev–Trinajstić information content (AvgIpc) is 2.93. The van der Waals surface area contributed by atoms with Gasteiger partial charge in [0.2, 0.25) is 5.91 Å². The third-order valence-electron chi connectivity index (χ3n) is 2.70. The Morgan fingerprint density at radius 2 is 2.53 bits per heavy atom. The summed E-state index contributed by atoms with van der Waals surface area (Å²) in [6, 6.07) is 3.53. The van der Waals surface area contributed by atoms with Gasteiger partial charge in [-0.3, -0.25) is 4.79 Å². The van der Waals surface area contributed by atoms with Gasteiger partial charge in [0.1, 0.15) is 5.82 Å². The number of nitrogens with one attached hydrogen (secondary N) is 1. The predicted molar refractivity (Wildman–Crippen MR) is 76.9 cm³/mol. The van der Waals surface area contributed by atoms with Crippen LogP contribution < -0.4 is 5.32 Å². The van der Waals surface area contributed by atoms with Crippen LogP contribution in [0.15, 0.2) is 18.3 Å². The first-order chi connectivity index (χ1) is 9.29. The fourth-order valence-electron chi connectivity index (χ4n) is 1.79. The summed E-state index contributed by atoms with van der Waals surface area (Å²) in [6.07, 6.45) is 4.11. The molecule has 1 fully saturated rings. The Morgan fingerprint density at radius 1 is 1.63 bits per heavy atom. The summed E-state index contributed by atoms with van der Waals surface area (Å²) < 4.78 is 0. The molecule has 0 radical (unpaired) electrons. The smallest absolute Gasteiger partial charge is 0.238 e. The van der Waals surface area contributed by atoms with E-state index >= 15 is 0 Å². The van der Waals surface area contributed by atoms with E-state index in [1.807, 2.05) is 0 Å². The van der Waals surface area contributed by atoms with Crippen LogP contribution in [0.1, 0.15) is 24.8 Å². The molecule has 0 spiro atoms. The van der Waals surface area contributed by atoms with Crippen molar-refractivity contribution in [2.75, 3.05) is 17.7 Å². The lowest BCUT2D eigenvalue weighted by Gasteiger charge is -2.09. The zero-order chi connectivity index (χ0) is 13.5. The summed E-state index contributed by atoms with van der Waals surface area (Å²) in [5, 5.41) is 11.5. The van der Waals surface area contributed by atoms with E-state index in [0.717, 1.165) is 24.2 Å². The minimum Gasteiger partial charge on any atom is -0.395 e. The van der Waals surface area contributed by atoms with E-state index in [4.69, 9.17) is 5.11 Å². The Kier molecular flexibility index (Phi) is 5.25. The molecule has 2 rings (SSSR count). The normalized spacial score (nSPS) is 17.6. The maximum absolute atomic E-state index is 11.9. The lowest BCUT2D eigenvalue weighted by atomic mass is 10.2. The molecular weight excluding hydrogens is 260 g/mol. The van der Waals surface area contributed by atoms with Gasteiger partial charge in [-0.05, 0) is 30.7 Å². The summed E-state index contributed by atoms with van der Waals surface area (Å²) >= 11 is 1.70. The molecule has 19 heavy (non-hydrogen) atoms. The molecule has 0 aliphatic carbocycles. The molecular formula is C14H16N2O2S. The molecule has 1 aliphatic heterocycles. The predicted octanol–water partition coefficient (Wildman–Crippen LogP) is 1.65. The molecule has 0 aromatic carbocycles. The quantitative estimate of drug-likeness (QED) is 0.824. The van der Waals surface area contributed by atoms with E-state index in [1.165, 1.54) is 0 Å². The fraction of sp³-hybridized carbons (Fsp3) is 0.429. The molecule has 100 valence electrons. The van der Waals surface area contributed by atoms with Crippen molar-refractivity contribution >= 4 is 23.5 Å². The van der Waals surface area contributed by atoms with Crippen molar-refractivity contribution in [2.24, 2.45) is 0 Å². The van der Waals surface area contributed by atoms with Crippen LogP contribution in [0.5, 0.6) is 0 Å². The van der Waals surface area contributed by atoms with Crippen molar-refractivity contribution < 1.29 is 9.90 Å². The Morgan fingerprint density at radius 3 is 3.26 bits per heavy atom. The van der Waals surface area contributed by atoms with Crippen LogP contribution in [0, 0.1) is 11.8 Å². The zero-order valence-electron chi connectivity index (χ0n) is 10.6. The highest BCUT2D eigenvalue weighted by Crippen LogP contribution is 2.26. The topological polar surface area (TPSA) is 62.2 Å². The second kappa shape index (κ2) is 7.17. The van der Waals surface area contributed by atoms with Crippen LogP contribution in [-0.2, 0) is 4.79 Å². The number of aromatic nitrogens is 1. The Labute approximate surface area is 117 Å². The third-order valence-corrected chi connectivity index (χ3v) is 4.08. The van der Waals surface area contributed by atoms with Crippen molar-refractivity contribution in [3.05, 3.63) is 23.9 Å². The van der Waals surface area contributed by atoms with Crippen LogP contribution in [-0.4, -0.2) is 33.6 Å². The lowest BCUT2D eigenvalue weighted by molar-refractivity contribution is -0.115. The minimum atomic E-state index is 0.0236. The molecule has 1 atom stereocenters. The van der Waals surface area contributed by atoms with Gasteiger partial charge < -0.3 is 10.4 Å². The number of aliphatic hydroxyl groups is 1. The molecule has 2 N–H and O–H groups in total. The lowest BCUT2D eigenvalue weighted by Crippen LogP contribution is -2.23. The van der Waals surface area contributed by atoms with E-state index in [0.29, 0.717) is 12.2 Å². The molecule has 1 amide bonds. The van der Waals surface area contributed by atoms with Crippen molar-refractivity contribution in [3.8, 4) is 11.8 Å². The van der Waals surface area contributed by atoms with Crippen molar-refractivity contribution in [3.63, 3.8) is 0 Å². The SMILES string of the molecule is O=C(Nc1cc(C#CCCO)ccn1)C1CCCS1. The summed E-state index contributed by atoms with van der Waals surface area (Å²) in [4.78, 5) is 16.1. The highest BCUT2D eigenvalue weighted by molar-refractivity contribution is 8.00. The number of carbonyl (C=O) groups excluding carboxylic acids is 1. The maximum atomic E-state index is 11.9. The molecule has 0 saturated carbocycles. The van der Waals surface area contributed by atoms with Crippen LogP contribution in [0.3, 0.4) is 0 Å². The monoisotopic (exact) mass is 276 g/mol.